The smallest absolute Gasteiger partial charge is 0.550 e. The van der Waals surface area contributed by atoms with Gasteiger partial charge in [0.15, 0.2) is 0 Å². The van der Waals surface area contributed by atoms with E-state index in [1.165, 1.54) is 6.07 Å². The Bertz CT molecular complexity index is 1040. The molecular weight excluding hydrogens is 391 g/mol. The number of hydrogen-bond donors (Lipinski definition) is 2. The molecule has 0 unspecified atom stereocenters. The molecule has 7 heteroatoms. The molecule has 0 bridgehead atoms. The molecule has 0 aliphatic heterocycles. The molecule has 3 aromatic carbocycles. The van der Waals surface area contributed by atoms with Gasteiger partial charge in [-0.15, -0.1) is 0 Å². The SMILES string of the molecule is O=C([O-])CCNC(=O)c1cccc(NC(=O)c2ccccc2-c2ccccc2)c1.[Na+]. The molecule has 3 aromatic rings. The zero-order valence-electron chi connectivity index (χ0n) is 16.6. The summed E-state index contributed by atoms with van der Waals surface area (Å²) in [4.78, 5) is 35.4. The van der Waals surface area contributed by atoms with Crippen LogP contribution in [-0.4, -0.2) is 24.3 Å². The fraction of sp³-hybridized carbons (Fsp3) is 0.0870. The monoisotopic (exact) mass is 410 g/mol. The number of rotatable bonds is 7. The van der Waals surface area contributed by atoms with Crippen molar-refractivity contribution in [3.8, 4) is 11.1 Å². The normalized spacial score (nSPS) is 9.87. The Morgan fingerprint density at radius 1 is 0.800 bits per heavy atom. The molecule has 3 rings (SSSR count). The second-order valence-corrected chi connectivity index (χ2v) is 6.32. The van der Waals surface area contributed by atoms with Crippen molar-refractivity contribution in [1.29, 1.82) is 0 Å². The molecule has 0 aliphatic rings. The maximum atomic E-state index is 12.9. The van der Waals surface area contributed by atoms with E-state index in [1.807, 2.05) is 42.5 Å². The van der Waals surface area contributed by atoms with Crippen molar-refractivity contribution >= 4 is 23.5 Å². The first kappa shape index (κ1) is 23.3. The molecule has 30 heavy (non-hydrogen) atoms. The number of amides is 2. The molecule has 0 saturated carbocycles. The molecule has 0 atom stereocenters. The van der Waals surface area contributed by atoms with Crippen molar-refractivity contribution in [1.82, 2.24) is 5.32 Å². The number of carbonyl (C=O) groups is 3. The molecule has 146 valence electrons. The third-order valence-electron chi connectivity index (χ3n) is 4.25. The summed E-state index contributed by atoms with van der Waals surface area (Å²) in [6.07, 6.45) is -0.265. The van der Waals surface area contributed by atoms with Crippen LogP contribution in [0.1, 0.15) is 27.1 Å². The minimum atomic E-state index is -1.23. The van der Waals surface area contributed by atoms with Crippen LogP contribution in [0.3, 0.4) is 0 Å². The number of aliphatic carboxylic acids is 1. The minimum absolute atomic E-state index is 0. The van der Waals surface area contributed by atoms with Gasteiger partial charge in [0.1, 0.15) is 0 Å². The quantitative estimate of drug-likeness (QED) is 0.512. The van der Waals surface area contributed by atoms with E-state index in [9.17, 15) is 19.5 Å². The van der Waals surface area contributed by atoms with E-state index in [2.05, 4.69) is 10.6 Å². The largest absolute Gasteiger partial charge is 1.00 e. The number of benzene rings is 3. The summed E-state index contributed by atoms with van der Waals surface area (Å²) in [6.45, 7) is -0.0256. The Labute approximate surface area is 196 Å². The molecule has 0 heterocycles. The van der Waals surface area contributed by atoms with E-state index in [1.54, 1.807) is 30.3 Å². The van der Waals surface area contributed by atoms with Gasteiger partial charge >= 0.3 is 29.6 Å². The molecular formula is C23H19N2NaO4. The zero-order chi connectivity index (χ0) is 20.6. The number of anilines is 1. The van der Waals surface area contributed by atoms with Gasteiger partial charge in [0.25, 0.3) is 11.8 Å². The Balaban J connectivity index is 0.00000320. The Hall–Kier alpha value is -2.93. The second-order valence-electron chi connectivity index (χ2n) is 6.32. The predicted molar refractivity (Wildman–Crippen MR) is 108 cm³/mol. The molecule has 0 fully saturated rings. The molecule has 0 saturated heterocycles. The van der Waals surface area contributed by atoms with Crippen LogP contribution in [0.25, 0.3) is 11.1 Å². The Kier molecular flexibility index (Phi) is 8.80. The van der Waals surface area contributed by atoms with Crippen molar-refractivity contribution in [2.45, 2.75) is 6.42 Å². The maximum Gasteiger partial charge on any atom is 1.00 e. The zero-order valence-corrected chi connectivity index (χ0v) is 18.6. The van der Waals surface area contributed by atoms with Crippen molar-refractivity contribution < 1.29 is 49.0 Å². The summed E-state index contributed by atoms with van der Waals surface area (Å²) in [5, 5.41) is 15.8. The van der Waals surface area contributed by atoms with Gasteiger partial charge in [-0.3, -0.25) is 9.59 Å². The van der Waals surface area contributed by atoms with E-state index in [0.717, 1.165) is 11.1 Å². The average molecular weight is 410 g/mol. The van der Waals surface area contributed by atoms with Crippen LogP contribution in [0, 0.1) is 0 Å². The topological polar surface area (TPSA) is 98.3 Å². The summed E-state index contributed by atoms with van der Waals surface area (Å²) < 4.78 is 0. The van der Waals surface area contributed by atoms with Gasteiger partial charge in [-0.1, -0.05) is 54.6 Å². The van der Waals surface area contributed by atoms with Gasteiger partial charge in [0, 0.05) is 35.7 Å². The van der Waals surface area contributed by atoms with Crippen LogP contribution in [0.4, 0.5) is 5.69 Å². The number of nitrogens with one attached hydrogen (secondary N) is 2. The number of hydrogen-bond acceptors (Lipinski definition) is 4. The van der Waals surface area contributed by atoms with Gasteiger partial charge in [0.2, 0.25) is 0 Å². The number of carboxylic acid groups (broad SMARTS) is 1. The van der Waals surface area contributed by atoms with Crippen LogP contribution in [-0.2, 0) is 4.79 Å². The Morgan fingerprint density at radius 2 is 1.50 bits per heavy atom. The van der Waals surface area contributed by atoms with Crippen LogP contribution >= 0.6 is 0 Å². The summed E-state index contributed by atoms with van der Waals surface area (Å²) >= 11 is 0. The first-order valence-corrected chi connectivity index (χ1v) is 9.08. The third-order valence-corrected chi connectivity index (χ3v) is 4.25. The summed E-state index contributed by atoms with van der Waals surface area (Å²) in [5.41, 5.74) is 3.03. The van der Waals surface area contributed by atoms with Crippen LogP contribution in [0.2, 0.25) is 0 Å². The van der Waals surface area contributed by atoms with E-state index >= 15 is 0 Å². The molecule has 0 radical (unpaired) electrons. The van der Waals surface area contributed by atoms with Crippen LogP contribution in [0.15, 0.2) is 78.9 Å². The predicted octanol–water partition coefficient (Wildman–Crippen LogP) is -0.520. The second kappa shape index (κ2) is 11.3. The molecule has 0 aliphatic carbocycles. The van der Waals surface area contributed by atoms with Crippen molar-refractivity contribution in [2.75, 3.05) is 11.9 Å². The molecule has 0 spiro atoms. The third kappa shape index (κ3) is 6.29. The first-order chi connectivity index (χ1) is 14.0. The van der Waals surface area contributed by atoms with E-state index < -0.39 is 11.9 Å². The number of carbonyl (C=O) groups excluding carboxylic acids is 3. The van der Waals surface area contributed by atoms with Crippen LogP contribution < -0.4 is 45.3 Å². The summed E-state index contributed by atoms with van der Waals surface area (Å²) in [7, 11) is 0. The average Bonchev–Trinajstić information content (AvgIpc) is 2.74. The Morgan fingerprint density at radius 3 is 2.23 bits per heavy atom. The van der Waals surface area contributed by atoms with Gasteiger partial charge in [0.05, 0.1) is 0 Å². The molecule has 6 nitrogen and oxygen atoms in total. The summed E-state index contributed by atoms with van der Waals surface area (Å²) in [6, 6.07) is 23.3. The van der Waals surface area contributed by atoms with E-state index in [4.69, 9.17) is 0 Å². The molecule has 2 amide bonds. The van der Waals surface area contributed by atoms with Gasteiger partial charge in [-0.25, -0.2) is 0 Å². The molecule has 0 aromatic heterocycles. The van der Waals surface area contributed by atoms with E-state index in [0.29, 0.717) is 16.8 Å². The van der Waals surface area contributed by atoms with Gasteiger partial charge in [-0.2, -0.15) is 0 Å². The standard InChI is InChI=1S/C23H20N2O4.Na/c26-21(27)13-14-24-22(28)17-9-6-10-18(15-17)25-23(29)20-12-5-4-11-19(20)16-7-2-1-3-8-16;/h1-12,15H,13-14H2,(H,24,28)(H,25,29)(H,26,27);/q;+1/p-1. The van der Waals surface area contributed by atoms with Crippen molar-refractivity contribution in [2.24, 2.45) is 0 Å². The maximum absolute atomic E-state index is 12.9. The van der Waals surface area contributed by atoms with Crippen molar-refractivity contribution in [3.63, 3.8) is 0 Å². The number of carboxylic acids is 1. The van der Waals surface area contributed by atoms with Crippen LogP contribution in [0.5, 0.6) is 0 Å². The van der Waals surface area contributed by atoms with Gasteiger partial charge < -0.3 is 20.5 Å². The fourth-order valence-electron chi connectivity index (χ4n) is 2.87. The van der Waals surface area contributed by atoms with E-state index in [-0.39, 0.29) is 48.4 Å². The fourth-order valence-corrected chi connectivity index (χ4v) is 2.87. The molecule has 2 N–H and O–H groups in total. The van der Waals surface area contributed by atoms with Crippen molar-refractivity contribution in [3.05, 3.63) is 90.0 Å². The minimum Gasteiger partial charge on any atom is -0.550 e. The first-order valence-electron chi connectivity index (χ1n) is 9.08. The van der Waals surface area contributed by atoms with Gasteiger partial charge in [-0.05, 0) is 35.4 Å². The summed E-state index contributed by atoms with van der Waals surface area (Å²) in [5.74, 6) is -1.95.